The second-order valence-corrected chi connectivity index (χ2v) is 10.8. The van der Waals surface area contributed by atoms with E-state index < -0.39 is 94.0 Å². The van der Waals surface area contributed by atoms with E-state index in [2.05, 4.69) is 0 Å². The maximum atomic E-state index is 13.4. The van der Waals surface area contributed by atoms with E-state index in [-0.39, 0.29) is 0 Å². The van der Waals surface area contributed by atoms with Crippen molar-refractivity contribution < 1.29 is 53.8 Å². The topological polar surface area (TPSA) is 169 Å². The van der Waals surface area contributed by atoms with Crippen molar-refractivity contribution in [3.8, 4) is 0 Å². The first-order valence-electron chi connectivity index (χ1n) is 10.3. The predicted octanol–water partition coefficient (Wildman–Crippen LogP) is -2.40. The molecule has 4 heterocycles. The van der Waals surface area contributed by atoms with Crippen LogP contribution in [0.4, 0.5) is 0 Å². The Kier molecular flexibility index (Phi) is 3.15. The molecule has 0 unspecified atom stereocenters. The number of aliphatic hydroxyl groups excluding tert-OH is 3. The largest absolute Gasteiger partial charge is 0.456 e. The quantitative estimate of drug-likeness (QED) is 0.234. The third kappa shape index (κ3) is 1.43. The van der Waals surface area contributed by atoms with Crippen LogP contribution in [0.25, 0.3) is 0 Å². The van der Waals surface area contributed by atoms with Gasteiger partial charge >= 0.3 is 17.9 Å². The van der Waals surface area contributed by atoms with Gasteiger partial charge in [-0.3, -0.25) is 4.79 Å². The van der Waals surface area contributed by atoms with Gasteiger partial charge < -0.3 is 39.4 Å². The highest BCUT2D eigenvalue weighted by molar-refractivity contribution is 5.94. The van der Waals surface area contributed by atoms with Crippen LogP contribution in [0, 0.1) is 28.1 Å². The zero-order valence-corrected chi connectivity index (χ0v) is 17.3. The first-order chi connectivity index (χ1) is 14.3. The van der Waals surface area contributed by atoms with Crippen LogP contribution >= 0.6 is 0 Å². The molecule has 0 amide bonds. The summed E-state index contributed by atoms with van der Waals surface area (Å²) in [6, 6.07) is 0. The highest BCUT2D eigenvalue weighted by Gasteiger charge is 3.05. The average Bonchev–Trinajstić information content (AvgIpc) is 3.35. The first-order valence-corrected chi connectivity index (χ1v) is 10.3. The summed E-state index contributed by atoms with van der Waals surface area (Å²) in [4.78, 5) is 38.3. The zero-order chi connectivity index (χ0) is 22.7. The molecule has 2 spiro atoms. The lowest BCUT2D eigenvalue weighted by Gasteiger charge is -2.47. The van der Waals surface area contributed by atoms with Gasteiger partial charge in [0.2, 0.25) is 11.9 Å². The third-order valence-corrected chi connectivity index (χ3v) is 8.95. The van der Waals surface area contributed by atoms with Crippen LogP contribution in [0.3, 0.4) is 0 Å². The molecule has 4 saturated heterocycles. The van der Waals surface area contributed by atoms with Crippen molar-refractivity contribution >= 4 is 17.9 Å². The van der Waals surface area contributed by atoms with Crippen LogP contribution in [0.15, 0.2) is 0 Å². The van der Waals surface area contributed by atoms with Crippen LogP contribution in [-0.2, 0) is 33.3 Å². The molecule has 0 aromatic carbocycles. The van der Waals surface area contributed by atoms with E-state index in [1.165, 1.54) is 6.92 Å². The van der Waals surface area contributed by atoms with E-state index in [9.17, 15) is 34.8 Å². The lowest BCUT2D eigenvalue weighted by molar-refractivity contribution is -0.240. The van der Waals surface area contributed by atoms with Gasteiger partial charge in [-0.2, -0.15) is 0 Å². The van der Waals surface area contributed by atoms with E-state index in [0.717, 1.165) is 0 Å². The molecule has 6 fully saturated rings. The van der Waals surface area contributed by atoms with Crippen LogP contribution in [-0.4, -0.2) is 86.3 Å². The number of ether oxygens (including phenoxy) is 4. The van der Waals surface area contributed by atoms with Crippen LogP contribution in [0.5, 0.6) is 0 Å². The molecular formula is C20H24O11. The van der Waals surface area contributed by atoms with Crippen molar-refractivity contribution in [2.75, 3.05) is 0 Å². The number of carbonyl (C=O) groups is 3. The van der Waals surface area contributed by atoms with Crippen LogP contribution in [0.2, 0.25) is 0 Å². The molecule has 0 radical (unpaired) electrons. The molecule has 4 aliphatic heterocycles. The molecule has 6 rings (SSSR count). The lowest BCUT2D eigenvalue weighted by atomic mass is 9.51. The van der Waals surface area contributed by atoms with Gasteiger partial charge in [0.15, 0.2) is 17.8 Å². The second kappa shape index (κ2) is 4.91. The molecule has 4 N–H and O–H groups in total. The fraction of sp³-hybridized carbons (Fsp3) is 0.850. The molecule has 11 heteroatoms. The summed E-state index contributed by atoms with van der Waals surface area (Å²) in [7, 11) is 0. The summed E-state index contributed by atoms with van der Waals surface area (Å²) in [6.07, 6.45) is -9.69. The summed E-state index contributed by atoms with van der Waals surface area (Å²) in [5.74, 6) is -5.22. The molecule has 2 saturated carbocycles. The standard InChI is InChI=1S/C20H24O11/c1-5-12(24)28-11-8(22)18-10-6(21)7(16(2,3)4)17(18)9(23)13(25)30-15(17)31-20(18,14(26)29-10)19(5,11)27/h5-11,15,21-23,27H,1-4H3/t5-,6-,7-,8+,9+,10-,11+,15+,17-,18-,19-,20+/m0/s1. The molecule has 12 atom stereocenters. The number of hydrogen-bond acceptors (Lipinski definition) is 11. The van der Waals surface area contributed by atoms with Gasteiger partial charge in [-0.05, 0) is 12.3 Å². The number of esters is 3. The zero-order valence-electron chi connectivity index (χ0n) is 17.3. The maximum Gasteiger partial charge on any atom is 0.343 e. The minimum atomic E-state index is -2.40. The molecule has 31 heavy (non-hydrogen) atoms. The molecule has 2 aliphatic carbocycles. The monoisotopic (exact) mass is 440 g/mol. The van der Waals surface area contributed by atoms with Gasteiger partial charge in [0.05, 0.1) is 22.9 Å². The van der Waals surface area contributed by atoms with Gasteiger partial charge in [0.25, 0.3) is 0 Å². The summed E-state index contributed by atoms with van der Waals surface area (Å²) in [5.41, 5.74) is -9.40. The Bertz CT molecular complexity index is 957. The molecular weight excluding hydrogens is 416 g/mol. The van der Waals surface area contributed by atoms with Crippen LogP contribution in [0.1, 0.15) is 27.7 Å². The summed E-state index contributed by atoms with van der Waals surface area (Å²) in [6.45, 7) is 6.63. The van der Waals surface area contributed by atoms with E-state index in [0.29, 0.717) is 0 Å². The Hall–Kier alpha value is -1.79. The molecule has 6 aliphatic rings. The third-order valence-electron chi connectivity index (χ3n) is 8.95. The van der Waals surface area contributed by atoms with Crippen molar-refractivity contribution in [1.29, 1.82) is 0 Å². The minimum absolute atomic E-state index is 0.792. The van der Waals surface area contributed by atoms with Gasteiger partial charge in [0.1, 0.15) is 12.2 Å². The summed E-state index contributed by atoms with van der Waals surface area (Å²) in [5, 5.41) is 46.1. The molecule has 170 valence electrons. The Labute approximate surface area is 176 Å². The number of rotatable bonds is 0. The van der Waals surface area contributed by atoms with E-state index in [1.54, 1.807) is 20.8 Å². The number of aliphatic hydroxyl groups is 4. The smallest absolute Gasteiger partial charge is 0.343 e. The van der Waals surface area contributed by atoms with Crippen LogP contribution < -0.4 is 0 Å². The average molecular weight is 440 g/mol. The summed E-state index contributed by atoms with van der Waals surface area (Å²) >= 11 is 0. The van der Waals surface area contributed by atoms with E-state index >= 15 is 0 Å². The van der Waals surface area contributed by atoms with Crippen molar-refractivity contribution in [2.45, 2.75) is 75.7 Å². The fourth-order valence-electron chi connectivity index (χ4n) is 8.27. The lowest BCUT2D eigenvalue weighted by Crippen LogP contribution is -2.67. The van der Waals surface area contributed by atoms with Gasteiger partial charge in [-0.15, -0.1) is 0 Å². The second-order valence-electron chi connectivity index (χ2n) is 10.8. The number of hydrogen-bond donors (Lipinski definition) is 4. The Morgan fingerprint density at radius 2 is 1.58 bits per heavy atom. The minimum Gasteiger partial charge on any atom is -0.456 e. The van der Waals surface area contributed by atoms with Gasteiger partial charge in [-0.25, -0.2) is 9.59 Å². The highest BCUT2D eigenvalue weighted by Crippen LogP contribution is 2.84. The number of fused-ring (bicyclic) bond motifs is 1. The Morgan fingerprint density at radius 1 is 0.935 bits per heavy atom. The normalized spacial score (nSPS) is 61.0. The maximum absolute atomic E-state index is 13.4. The van der Waals surface area contributed by atoms with E-state index in [1.807, 2.05) is 0 Å². The van der Waals surface area contributed by atoms with Crippen molar-refractivity contribution in [3.63, 3.8) is 0 Å². The molecule has 0 aromatic heterocycles. The Balaban J connectivity index is 1.75. The highest BCUT2D eigenvalue weighted by atomic mass is 16.8. The first kappa shape index (κ1) is 19.9. The number of carbonyl (C=O) groups excluding carboxylic acids is 3. The summed E-state index contributed by atoms with van der Waals surface area (Å²) < 4.78 is 22.2. The van der Waals surface area contributed by atoms with E-state index in [4.69, 9.17) is 18.9 Å². The SMILES string of the molecule is C[C@H]1C(=O)O[C@@H]2[C@@H](O)[C@@]34[C@H]5OC(=O)[C@]3(O[C@H]3OC(=O)[C@@H](O)[C@@]34[C@H](C(C)(C)C)[C@@H]5O)[C@@]21O. The molecule has 0 bridgehead atoms. The predicted molar refractivity (Wildman–Crippen MR) is 93.4 cm³/mol. The Morgan fingerprint density at radius 3 is 2.19 bits per heavy atom. The fourth-order valence-corrected chi connectivity index (χ4v) is 8.27. The van der Waals surface area contributed by atoms with Crippen molar-refractivity contribution in [2.24, 2.45) is 28.1 Å². The van der Waals surface area contributed by atoms with Gasteiger partial charge in [0, 0.05) is 5.92 Å². The van der Waals surface area contributed by atoms with Gasteiger partial charge in [-0.1, -0.05) is 20.8 Å². The molecule has 11 nitrogen and oxygen atoms in total. The van der Waals surface area contributed by atoms with Crippen molar-refractivity contribution in [1.82, 2.24) is 0 Å². The van der Waals surface area contributed by atoms with Crippen molar-refractivity contribution in [3.05, 3.63) is 0 Å². The molecule has 0 aromatic rings.